The van der Waals surface area contributed by atoms with Gasteiger partial charge in [0.15, 0.2) is 9.84 Å². The zero-order valence-corrected chi connectivity index (χ0v) is 13.6. The van der Waals surface area contributed by atoms with Crippen molar-refractivity contribution in [2.45, 2.75) is 20.8 Å². The molecule has 0 saturated heterocycles. The quantitative estimate of drug-likeness (QED) is 0.785. The Labute approximate surface area is 126 Å². The molecule has 1 aromatic heterocycles. The maximum atomic E-state index is 12.2. The highest BCUT2D eigenvalue weighted by Crippen LogP contribution is 2.10. The van der Waals surface area contributed by atoms with Crippen LogP contribution in [-0.4, -0.2) is 55.3 Å². The van der Waals surface area contributed by atoms with Gasteiger partial charge in [-0.2, -0.15) is 0 Å². The average Bonchev–Trinajstić information content (AvgIpc) is 2.48. The van der Waals surface area contributed by atoms with E-state index in [9.17, 15) is 13.2 Å². The molecule has 0 fully saturated rings. The number of anilines is 1. The van der Waals surface area contributed by atoms with Gasteiger partial charge in [0.2, 0.25) is 0 Å². The number of carbonyl (C=O) groups is 1. The number of amides is 1. The molecule has 0 bridgehead atoms. The van der Waals surface area contributed by atoms with Crippen LogP contribution >= 0.6 is 0 Å². The molecular formula is C14H23N3O3S. The molecule has 118 valence electrons. The fourth-order valence-corrected chi connectivity index (χ4v) is 2.53. The minimum Gasteiger partial charge on any atom is -0.384 e. The number of pyridine rings is 1. The molecule has 1 heterocycles. The first-order valence-electron chi connectivity index (χ1n) is 7.13. The highest BCUT2D eigenvalue weighted by molar-refractivity contribution is 7.91. The lowest BCUT2D eigenvalue weighted by molar-refractivity contribution is 0.0767. The monoisotopic (exact) mass is 313 g/mol. The van der Waals surface area contributed by atoms with Crippen LogP contribution in [0.25, 0.3) is 0 Å². The summed E-state index contributed by atoms with van der Waals surface area (Å²) in [5, 5.41) is 3.02. The molecule has 0 aromatic carbocycles. The van der Waals surface area contributed by atoms with Crippen molar-refractivity contribution in [3.05, 3.63) is 24.0 Å². The van der Waals surface area contributed by atoms with Crippen LogP contribution < -0.4 is 5.32 Å². The molecule has 0 aliphatic heterocycles. The third-order valence-corrected chi connectivity index (χ3v) is 4.92. The summed E-state index contributed by atoms with van der Waals surface area (Å²) in [4.78, 5) is 17.9. The molecule has 0 aliphatic rings. The molecule has 1 rings (SSSR count). The summed E-state index contributed by atoms with van der Waals surface area (Å²) in [6.45, 7) is 7.03. The molecule has 7 heteroatoms. The van der Waals surface area contributed by atoms with Gasteiger partial charge in [0.05, 0.1) is 5.75 Å². The third-order valence-electron chi connectivity index (χ3n) is 3.21. The molecule has 0 spiro atoms. The third kappa shape index (κ3) is 5.34. The van der Waals surface area contributed by atoms with Crippen molar-refractivity contribution in [1.82, 2.24) is 9.88 Å². The summed E-state index contributed by atoms with van der Waals surface area (Å²) in [7, 11) is -2.99. The van der Waals surface area contributed by atoms with Crippen LogP contribution in [0.1, 0.15) is 31.3 Å². The standard InChI is InChI=1S/C14H23N3O3S/c1-4-17(5-2)14(18)13-11-12(7-8-16-13)15-9-10-21(19,20)6-3/h7-8,11H,4-6,9-10H2,1-3H3,(H,15,16). The highest BCUT2D eigenvalue weighted by atomic mass is 32.2. The van der Waals surface area contributed by atoms with Crippen molar-refractivity contribution in [2.24, 2.45) is 0 Å². The first-order valence-corrected chi connectivity index (χ1v) is 8.95. The normalized spacial score (nSPS) is 11.2. The molecule has 0 unspecified atom stereocenters. The maximum absolute atomic E-state index is 12.2. The molecule has 1 N–H and O–H groups in total. The molecule has 0 saturated carbocycles. The molecule has 1 amide bonds. The number of rotatable bonds is 8. The van der Waals surface area contributed by atoms with E-state index in [1.807, 2.05) is 13.8 Å². The zero-order valence-electron chi connectivity index (χ0n) is 12.8. The van der Waals surface area contributed by atoms with Gasteiger partial charge in [-0.25, -0.2) is 8.42 Å². The van der Waals surface area contributed by atoms with Crippen LogP contribution in [0.2, 0.25) is 0 Å². The van der Waals surface area contributed by atoms with Gasteiger partial charge in [-0.1, -0.05) is 6.92 Å². The van der Waals surface area contributed by atoms with Gasteiger partial charge in [-0.05, 0) is 26.0 Å². The SMILES string of the molecule is CCN(CC)C(=O)c1cc(NCCS(=O)(=O)CC)ccn1. The predicted octanol–water partition coefficient (Wildman–Crippen LogP) is 1.41. The zero-order chi connectivity index (χ0) is 15.9. The fraction of sp³-hybridized carbons (Fsp3) is 0.571. The molecule has 0 atom stereocenters. The van der Waals surface area contributed by atoms with Crippen molar-refractivity contribution in [1.29, 1.82) is 0 Å². The Morgan fingerprint density at radius 3 is 2.52 bits per heavy atom. The molecule has 6 nitrogen and oxygen atoms in total. The van der Waals surface area contributed by atoms with E-state index in [4.69, 9.17) is 0 Å². The average molecular weight is 313 g/mol. The fourth-order valence-electron chi connectivity index (χ4n) is 1.83. The summed E-state index contributed by atoms with van der Waals surface area (Å²) in [6, 6.07) is 3.37. The van der Waals surface area contributed by atoms with Crippen LogP contribution in [0.5, 0.6) is 0 Å². The molecular weight excluding hydrogens is 290 g/mol. The van der Waals surface area contributed by atoms with E-state index in [0.29, 0.717) is 31.0 Å². The number of nitrogens with zero attached hydrogens (tertiary/aromatic N) is 2. The Bertz CT molecular complexity index is 569. The Morgan fingerprint density at radius 1 is 1.29 bits per heavy atom. The number of carbonyl (C=O) groups excluding carboxylic acids is 1. The van der Waals surface area contributed by atoms with Crippen LogP contribution in [0.4, 0.5) is 5.69 Å². The number of sulfone groups is 1. The number of hydrogen-bond donors (Lipinski definition) is 1. The molecule has 0 aliphatic carbocycles. The minimum atomic E-state index is -2.99. The van der Waals surface area contributed by atoms with Crippen molar-refractivity contribution >= 4 is 21.4 Å². The van der Waals surface area contributed by atoms with E-state index in [0.717, 1.165) is 0 Å². The Kier molecular flexibility index (Phi) is 6.61. The van der Waals surface area contributed by atoms with E-state index in [1.165, 1.54) is 0 Å². The second-order valence-electron chi connectivity index (χ2n) is 4.57. The predicted molar refractivity (Wildman–Crippen MR) is 84.3 cm³/mol. The van der Waals surface area contributed by atoms with Gasteiger partial charge in [0, 0.05) is 37.3 Å². The van der Waals surface area contributed by atoms with Gasteiger partial charge in [-0.15, -0.1) is 0 Å². The second kappa shape index (κ2) is 7.97. The maximum Gasteiger partial charge on any atom is 0.272 e. The van der Waals surface area contributed by atoms with Gasteiger partial charge in [0.25, 0.3) is 5.91 Å². The highest BCUT2D eigenvalue weighted by Gasteiger charge is 2.14. The second-order valence-corrected chi connectivity index (χ2v) is 7.04. The Hall–Kier alpha value is -1.63. The molecule has 0 radical (unpaired) electrons. The first kappa shape index (κ1) is 17.4. The van der Waals surface area contributed by atoms with Gasteiger partial charge < -0.3 is 10.2 Å². The van der Waals surface area contributed by atoms with Gasteiger partial charge >= 0.3 is 0 Å². The van der Waals surface area contributed by atoms with Crippen LogP contribution in [0, 0.1) is 0 Å². The topological polar surface area (TPSA) is 79.4 Å². The molecule has 21 heavy (non-hydrogen) atoms. The molecule has 1 aromatic rings. The van der Waals surface area contributed by atoms with Crippen molar-refractivity contribution in [2.75, 3.05) is 36.5 Å². The largest absolute Gasteiger partial charge is 0.384 e. The van der Waals surface area contributed by atoms with Crippen LogP contribution in [0.15, 0.2) is 18.3 Å². The number of nitrogens with one attached hydrogen (secondary N) is 1. The van der Waals surface area contributed by atoms with E-state index in [2.05, 4.69) is 10.3 Å². The Morgan fingerprint density at radius 2 is 1.95 bits per heavy atom. The number of aromatic nitrogens is 1. The smallest absolute Gasteiger partial charge is 0.272 e. The van der Waals surface area contributed by atoms with E-state index in [1.54, 1.807) is 30.2 Å². The number of hydrogen-bond acceptors (Lipinski definition) is 5. The van der Waals surface area contributed by atoms with Crippen LogP contribution in [-0.2, 0) is 9.84 Å². The van der Waals surface area contributed by atoms with E-state index in [-0.39, 0.29) is 17.4 Å². The summed E-state index contributed by atoms with van der Waals surface area (Å²) in [5.74, 6) is 0.0897. The van der Waals surface area contributed by atoms with Crippen molar-refractivity contribution in [3.8, 4) is 0 Å². The first-order chi connectivity index (χ1) is 9.93. The van der Waals surface area contributed by atoms with Crippen LogP contribution in [0.3, 0.4) is 0 Å². The summed E-state index contributed by atoms with van der Waals surface area (Å²) >= 11 is 0. The summed E-state index contributed by atoms with van der Waals surface area (Å²) in [5.41, 5.74) is 1.06. The summed E-state index contributed by atoms with van der Waals surface area (Å²) in [6.07, 6.45) is 1.55. The lowest BCUT2D eigenvalue weighted by Gasteiger charge is -2.18. The van der Waals surface area contributed by atoms with E-state index < -0.39 is 9.84 Å². The van der Waals surface area contributed by atoms with Crippen molar-refractivity contribution < 1.29 is 13.2 Å². The van der Waals surface area contributed by atoms with Gasteiger partial charge in [0.1, 0.15) is 5.69 Å². The lowest BCUT2D eigenvalue weighted by atomic mass is 10.2. The van der Waals surface area contributed by atoms with Gasteiger partial charge in [-0.3, -0.25) is 9.78 Å². The minimum absolute atomic E-state index is 0.0746. The summed E-state index contributed by atoms with van der Waals surface area (Å²) < 4.78 is 22.8. The van der Waals surface area contributed by atoms with Crippen molar-refractivity contribution in [3.63, 3.8) is 0 Å². The Balaban J connectivity index is 2.71. The lowest BCUT2D eigenvalue weighted by Crippen LogP contribution is -2.31. The van der Waals surface area contributed by atoms with E-state index >= 15 is 0 Å².